The highest BCUT2D eigenvalue weighted by atomic mass is 79.9. The van der Waals surface area contributed by atoms with Crippen LogP contribution in [-0.4, -0.2) is 24.0 Å². The van der Waals surface area contributed by atoms with E-state index >= 15 is 0 Å². The van der Waals surface area contributed by atoms with Crippen LogP contribution in [-0.2, 0) is 4.79 Å². The van der Waals surface area contributed by atoms with Crippen LogP contribution in [0.25, 0.3) is 0 Å². The first kappa shape index (κ1) is 18.8. The van der Waals surface area contributed by atoms with Gasteiger partial charge in [-0.3, -0.25) is 4.79 Å². The van der Waals surface area contributed by atoms with Crippen LogP contribution < -0.4 is 16.0 Å². The largest absolute Gasteiger partial charge is 0.338 e. The molecule has 0 radical (unpaired) electrons. The maximum absolute atomic E-state index is 12.4. The lowest BCUT2D eigenvalue weighted by Crippen LogP contribution is -2.61. The van der Waals surface area contributed by atoms with Gasteiger partial charge in [0, 0.05) is 28.7 Å². The number of amides is 3. The number of benzene rings is 1. The SMILES string of the molecule is Cc1ccc(Br)cc1NC(=O)CCNC(=O)NC12CC3CC(CC(C3)C1)C2. The fraction of sp³-hybridized carbons (Fsp3) is 0.619. The van der Waals surface area contributed by atoms with Gasteiger partial charge in [0.05, 0.1) is 0 Å². The van der Waals surface area contributed by atoms with Crippen molar-refractivity contribution in [2.75, 3.05) is 11.9 Å². The molecule has 1 aromatic rings. The summed E-state index contributed by atoms with van der Waals surface area (Å²) in [5, 5.41) is 9.07. The standard InChI is InChI=1S/C21H28BrN3O2/c1-13-2-3-17(22)9-18(13)24-19(26)4-5-23-20(27)25-21-10-14-6-15(11-21)8-16(7-14)12-21/h2-3,9,14-16H,4-8,10-12H2,1H3,(H,24,26)(H2,23,25,27). The minimum absolute atomic E-state index is 0.00845. The lowest BCUT2D eigenvalue weighted by atomic mass is 9.53. The van der Waals surface area contributed by atoms with Gasteiger partial charge in [0.25, 0.3) is 0 Å². The summed E-state index contributed by atoms with van der Waals surface area (Å²) in [6.45, 7) is 2.30. The number of carbonyl (C=O) groups excluding carboxylic acids is 2. The molecular weight excluding hydrogens is 406 g/mol. The highest BCUT2D eigenvalue weighted by molar-refractivity contribution is 9.10. The second-order valence-corrected chi connectivity index (χ2v) is 9.75. The molecule has 0 aromatic heterocycles. The molecule has 5 nitrogen and oxygen atoms in total. The Hall–Kier alpha value is -1.56. The Kier molecular flexibility index (Phi) is 5.19. The number of hydrogen-bond donors (Lipinski definition) is 3. The van der Waals surface area contributed by atoms with Crippen molar-refractivity contribution in [1.29, 1.82) is 0 Å². The summed E-state index contributed by atoms with van der Waals surface area (Å²) in [6.07, 6.45) is 7.74. The quantitative estimate of drug-likeness (QED) is 0.645. The minimum Gasteiger partial charge on any atom is -0.338 e. The first-order valence-electron chi connectivity index (χ1n) is 10.0. The van der Waals surface area contributed by atoms with Gasteiger partial charge in [-0.15, -0.1) is 0 Å². The average Bonchev–Trinajstić information content (AvgIpc) is 2.56. The maximum Gasteiger partial charge on any atom is 0.315 e. The van der Waals surface area contributed by atoms with Gasteiger partial charge in [-0.05, 0) is 80.9 Å². The Morgan fingerprint density at radius 2 is 1.74 bits per heavy atom. The fourth-order valence-corrected chi connectivity index (χ4v) is 6.14. The highest BCUT2D eigenvalue weighted by Crippen LogP contribution is 2.55. The smallest absolute Gasteiger partial charge is 0.315 e. The zero-order chi connectivity index (χ0) is 19.0. The number of carbonyl (C=O) groups is 2. The molecule has 3 N–H and O–H groups in total. The van der Waals surface area contributed by atoms with Crippen molar-refractivity contribution < 1.29 is 9.59 Å². The second kappa shape index (κ2) is 7.46. The molecule has 0 atom stereocenters. The number of halogens is 1. The number of anilines is 1. The summed E-state index contributed by atoms with van der Waals surface area (Å²) in [4.78, 5) is 24.6. The van der Waals surface area contributed by atoms with Gasteiger partial charge in [0.1, 0.15) is 0 Å². The Morgan fingerprint density at radius 3 is 2.37 bits per heavy atom. The van der Waals surface area contributed by atoms with E-state index in [9.17, 15) is 9.59 Å². The number of aryl methyl sites for hydroxylation is 1. The zero-order valence-corrected chi connectivity index (χ0v) is 17.4. The molecule has 0 unspecified atom stereocenters. The molecule has 5 rings (SSSR count). The molecule has 3 amide bonds. The Balaban J connectivity index is 1.23. The van der Waals surface area contributed by atoms with Gasteiger partial charge in [-0.1, -0.05) is 22.0 Å². The van der Waals surface area contributed by atoms with Crippen LogP contribution >= 0.6 is 15.9 Å². The van der Waals surface area contributed by atoms with Crippen LogP contribution in [0.1, 0.15) is 50.5 Å². The van der Waals surface area contributed by atoms with Crippen molar-refractivity contribution in [3.8, 4) is 0 Å². The molecular formula is C21H28BrN3O2. The number of hydrogen-bond acceptors (Lipinski definition) is 2. The molecule has 6 heteroatoms. The topological polar surface area (TPSA) is 70.2 Å². The van der Waals surface area contributed by atoms with Crippen molar-refractivity contribution in [1.82, 2.24) is 10.6 Å². The first-order chi connectivity index (χ1) is 12.9. The van der Waals surface area contributed by atoms with Crippen molar-refractivity contribution >= 4 is 33.6 Å². The van der Waals surface area contributed by atoms with E-state index in [1.807, 2.05) is 25.1 Å². The molecule has 0 heterocycles. The average molecular weight is 434 g/mol. The van der Waals surface area contributed by atoms with E-state index in [-0.39, 0.29) is 23.9 Å². The summed E-state index contributed by atoms with van der Waals surface area (Å²) in [5.41, 5.74) is 1.82. The Bertz CT molecular complexity index is 714. The predicted molar refractivity (Wildman–Crippen MR) is 110 cm³/mol. The molecule has 4 aliphatic carbocycles. The molecule has 0 spiro atoms. The second-order valence-electron chi connectivity index (χ2n) is 8.84. The van der Waals surface area contributed by atoms with Crippen molar-refractivity contribution in [3.63, 3.8) is 0 Å². The molecule has 4 bridgehead atoms. The van der Waals surface area contributed by atoms with E-state index in [2.05, 4.69) is 31.9 Å². The third kappa shape index (κ3) is 4.31. The van der Waals surface area contributed by atoms with Crippen molar-refractivity contribution in [2.45, 2.75) is 57.4 Å². The third-order valence-corrected chi connectivity index (χ3v) is 7.02. The summed E-state index contributed by atoms with van der Waals surface area (Å²) in [6, 6.07) is 5.67. The van der Waals surface area contributed by atoms with E-state index in [1.165, 1.54) is 19.3 Å². The molecule has 4 aliphatic rings. The van der Waals surface area contributed by atoms with Gasteiger partial charge in [0.15, 0.2) is 0 Å². The van der Waals surface area contributed by atoms with E-state index in [1.54, 1.807) is 0 Å². The van der Waals surface area contributed by atoms with E-state index in [0.29, 0.717) is 6.54 Å². The van der Waals surface area contributed by atoms with Gasteiger partial charge < -0.3 is 16.0 Å². The van der Waals surface area contributed by atoms with E-state index in [0.717, 1.165) is 52.7 Å². The van der Waals surface area contributed by atoms with Crippen molar-refractivity contribution in [3.05, 3.63) is 28.2 Å². The molecule has 1 aromatic carbocycles. The van der Waals surface area contributed by atoms with E-state index in [4.69, 9.17) is 0 Å². The van der Waals surface area contributed by atoms with Gasteiger partial charge in [-0.25, -0.2) is 4.79 Å². The maximum atomic E-state index is 12.4. The van der Waals surface area contributed by atoms with Crippen molar-refractivity contribution in [2.24, 2.45) is 17.8 Å². The summed E-state index contributed by atoms with van der Waals surface area (Å²) >= 11 is 3.42. The van der Waals surface area contributed by atoms with Crippen LogP contribution in [0.4, 0.5) is 10.5 Å². The predicted octanol–water partition coefficient (Wildman–Crippen LogP) is 4.35. The number of nitrogens with one attached hydrogen (secondary N) is 3. The third-order valence-electron chi connectivity index (χ3n) is 6.53. The molecule has 0 aliphatic heterocycles. The van der Waals surface area contributed by atoms with Crippen LogP contribution in [0.5, 0.6) is 0 Å². The normalized spacial score (nSPS) is 30.8. The van der Waals surface area contributed by atoms with Crippen LogP contribution in [0.2, 0.25) is 0 Å². The first-order valence-corrected chi connectivity index (χ1v) is 10.8. The highest BCUT2D eigenvalue weighted by Gasteiger charge is 2.51. The molecule has 146 valence electrons. The summed E-state index contributed by atoms with van der Waals surface area (Å²) < 4.78 is 0.927. The molecule has 4 fully saturated rings. The monoisotopic (exact) mass is 433 g/mol. The Morgan fingerprint density at radius 1 is 1.11 bits per heavy atom. The van der Waals surface area contributed by atoms with Gasteiger partial charge in [-0.2, -0.15) is 0 Å². The Labute approximate surface area is 169 Å². The van der Waals surface area contributed by atoms with Crippen LogP contribution in [0, 0.1) is 24.7 Å². The lowest BCUT2D eigenvalue weighted by molar-refractivity contribution is -0.116. The summed E-state index contributed by atoms with van der Waals surface area (Å²) in [5.74, 6) is 2.31. The van der Waals surface area contributed by atoms with Crippen LogP contribution in [0.15, 0.2) is 22.7 Å². The number of urea groups is 1. The van der Waals surface area contributed by atoms with E-state index < -0.39 is 0 Å². The molecule has 0 saturated heterocycles. The number of rotatable bonds is 5. The van der Waals surface area contributed by atoms with Crippen LogP contribution in [0.3, 0.4) is 0 Å². The lowest BCUT2D eigenvalue weighted by Gasteiger charge is -2.56. The van der Waals surface area contributed by atoms with Gasteiger partial charge >= 0.3 is 6.03 Å². The zero-order valence-electron chi connectivity index (χ0n) is 15.8. The summed E-state index contributed by atoms with van der Waals surface area (Å²) in [7, 11) is 0. The van der Waals surface area contributed by atoms with Gasteiger partial charge in [0.2, 0.25) is 5.91 Å². The fourth-order valence-electron chi connectivity index (χ4n) is 5.78. The molecule has 4 saturated carbocycles. The minimum atomic E-state index is -0.122. The molecule has 27 heavy (non-hydrogen) atoms.